The number of nitrogens with zero attached hydrogens (tertiary/aromatic N) is 3. The molecular weight excluding hydrogens is 425 g/mol. The standard InChI is InChI=1S/C22H19F3N4O3/c23-15-5-1-3-13(9-15)20-27-22(32-28-20)14-4-2-8-29(12-14)19(30)11-26-21(31)17-7-6-16(24)10-18(17)25/h1,3,5-7,9-10,14H,2,4,8,11-12H2,(H,26,31). The highest BCUT2D eigenvalue weighted by atomic mass is 19.1. The molecule has 3 aromatic rings. The molecule has 2 aromatic carbocycles. The van der Waals surface area contributed by atoms with Crippen LogP contribution in [0, 0.1) is 17.5 Å². The van der Waals surface area contributed by atoms with E-state index >= 15 is 0 Å². The molecule has 1 N–H and O–H groups in total. The Labute approximate surface area is 181 Å². The van der Waals surface area contributed by atoms with E-state index in [4.69, 9.17) is 4.52 Å². The van der Waals surface area contributed by atoms with Gasteiger partial charge in [-0.2, -0.15) is 4.98 Å². The Bertz CT molecular complexity index is 1150. The summed E-state index contributed by atoms with van der Waals surface area (Å²) in [6, 6.07) is 8.43. The zero-order valence-electron chi connectivity index (χ0n) is 16.9. The van der Waals surface area contributed by atoms with Gasteiger partial charge in [-0.25, -0.2) is 13.2 Å². The number of carbonyl (C=O) groups is 2. The molecule has 2 heterocycles. The molecule has 1 unspecified atom stereocenters. The summed E-state index contributed by atoms with van der Waals surface area (Å²) in [5.74, 6) is -2.96. The van der Waals surface area contributed by atoms with Crippen LogP contribution in [0.1, 0.15) is 35.0 Å². The molecule has 1 saturated heterocycles. The van der Waals surface area contributed by atoms with Crippen molar-refractivity contribution in [3.63, 3.8) is 0 Å². The van der Waals surface area contributed by atoms with Crippen LogP contribution in [0.4, 0.5) is 13.2 Å². The van der Waals surface area contributed by atoms with Gasteiger partial charge >= 0.3 is 0 Å². The van der Waals surface area contributed by atoms with Gasteiger partial charge in [0.05, 0.1) is 18.0 Å². The quantitative estimate of drug-likeness (QED) is 0.653. The maximum atomic E-state index is 13.7. The molecule has 1 fully saturated rings. The van der Waals surface area contributed by atoms with E-state index in [2.05, 4.69) is 15.5 Å². The zero-order valence-corrected chi connectivity index (χ0v) is 16.9. The van der Waals surface area contributed by atoms with Crippen molar-refractivity contribution in [3.8, 4) is 11.4 Å². The van der Waals surface area contributed by atoms with E-state index in [1.54, 1.807) is 17.0 Å². The van der Waals surface area contributed by atoms with Crippen molar-refractivity contribution in [1.29, 1.82) is 0 Å². The molecule has 1 aliphatic heterocycles. The summed E-state index contributed by atoms with van der Waals surface area (Å²) >= 11 is 0. The summed E-state index contributed by atoms with van der Waals surface area (Å²) in [7, 11) is 0. The average Bonchev–Trinajstić information content (AvgIpc) is 3.28. The summed E-state index contributed by atoms with van der Waals surface area (Å²) in [5, 5.41) is 6.27. The second-order valence-electron chi connectivity index (χ2n) is 7.45. The summed E-state index contributed by atoms with van der Waals surface area (Å²) in [5.41, 5.74) is 0.144. The van der Waals surface area contributed by atoms with Crippen LogP contribution in [-0.4, -0.2) is 46.5 Å². The first kappa shape index (κ1) is 21.5. The van der Waals surface area contributed by atoms with E-state index in [1.165, 1.54) is 12.1 Å². The maximum Gasteiger partial charge on any atom is 0.254 e. The minimum atomic E-state index is -1.00. The molecule has 0 radical (unpaired) electrons. The topological polar surface area (TPSA) is 88.3 Å². The fourth-order valence-electron chi connectivity index (χ4n) is 3.59. The largest absolute Gasteiger partial charge is 0.343 e. The molecule has 0 aliphatic carbocycles. The molecule has 10 heteroatoms. The molecule has 0 spiro atoms. The lowest BCUT2D eigenvalue weighted by Gasteiger charge is -2.31. The Hall–Kier alpha value is -3.69. The normalized spacial score (nSPS) is 16.1. The van der Waals surface area contributed by atoms with E-state index in [9.17, 15) is 22.8 Å². The number of aromatic nitrogens is 2. The number of halogens is 3. The fourth-order valence-corrected chi connectivity index (χ4v) is 3.59. The predicted molar refractivity (Wildman–Crippen MR) is 107 cm³/mol. The lowest BCUT2D eigenvalue weighted by atomic mass is 9.98. The van der Waals surface area contributed by atoms with Crippen LogP contribution in [0.5, 0.6) is 0 Å². The molecule has 4 rings (SSSR count). The van der Waals surface area contributed by atoms with E-state index in [0.29, 0.717) is 37.0 Å². The van der Waals surface area contributed by atoms with Crippen molar-refractivity contribution in [1.82, 2.24) is 20.4 Å². The fraction of sp³-hybridized carbons (Fsp3) is 0.273. The smallest absolute Gasteiger partial charge is 0.254 e. The molecule has 2 amide bonds. The van der Waals surface area contributed by atoms with Crippen LogP contribution in [0.3, 0.4) is 0 Å². The Kier molecular flexibility index (Phi) is 6.20. The van der Waals surface area contributed by atoms with Crippen LogP contribution in [-0.2, 0) is 4.79 Å². The molecule has 32 heavy (non-hydrogen) atoms. The number of carbonyl (C=O) groups excluding carboxylic acids is 2. The third kappa shape index (κ3) is 4.79. The number of amides is 2. The number of piperidine rings is 1. The molecule has 0 saturated carbocycles. The molecule has 0 bridgehead atoms. The maximum absolute atomic E-state index is 13.7. The van der Waals surface area contributed by atoms with Crippen molar-refractivity contribution < 1.29 is 27.3 Å². The van der Waals surface area contributed by atoms with Gasteiger partial charge in [-0.3, -0.25) is 9.59 Å². The highest BCUT2D eigenvalue weighted by Crippen LogP contribution is 2.27. The minimum Gasteiger partial charge on any atom is -0.343 e. The second kappa shape index (κ2) is 9.21. The number of likely N-dealkylation sites (tertiary alicyclic amines) is 1. The lowest BCUT2D eigenvalue weighted by Crippen LogP contribution is -2.44. The van der Waals surface area contributed by atoms with E-state index in [1.807, 2.05) is 0 Å². The number of hydrogen-bond acceptors (Lipinski definition) is 5. The van der Waals surface area contributed by atoms with Crippen LogP contribution < -0.4 is 5.32 Å². The average molecular weight is 444 g/mol. The van der Waals surface area contributed by atoms with E-state index in [-0.39, 0.29) is 29.8 Å². The van der Waals surface area contributed by atoms with Gasteiger partial charge in [-0.1, -0.05) is 17.3 Å². The van der Waals surface area contributed by atoms with Gasteiger partial charge in [0.15, 0.2) is 0 Å². The monoisotopic (exact) mass is 444 g/mol. The van der Waals surface area contributed by atoms with Crippen molar-refractivity contribution >= 4 is 11.8 Å². The Morgan fingerprint density at radius 1 is 1.12 bits per heavy atom. The van der Waals surface area contributed by atoms with Gasteiger partial charge in [0, 0.05) is 24.7 Å². The molecule has 1 aliphatic rings. The molecule has 1 aromatic heterocycles. The van der Waals surface area contributed by atoms with Crippen LogP contribution in [0.15, 0.2) is 47.0 Å². The van der Waals surface area contributed by atoms with Crippen molar-refractivity contribution in [3.05, 3.63) is 71.4 Å². The van der Waals surface area contributed by atoms with Crippen molar-refractivity contribution in [2.45, 2.75) is 18.8 Å². The number of hydrogen-bond donors (Lipinski definition) is 1. The molecular formula is C22H19F3N4O3. The van der Waals surface area contributed by atoms with E-state index in [0.717, 1.165) is 18.6 Å². The van der Waals surface area contributed by atoms with Gasteiger partial charge in [0.1, 0.15) is 17.5 Å². The van der Waals surface area contributed by atoms with Gasteiger partial charge in [-0.15, -0.1) is 0 Å². The molecule has 1 atom stereocenters. The molecule has 166 valence electrons. The predicted octanol–water partition coefficient (Wildman–Crippen LogP) is 3.29. The Morgan fingerprint density at radius 3 is 2.72 bits per heavy atom. The van der Waals surface area contributed by atoms with Gasteiger partial charge in [0.25, 0.3) is 5.91 Å². The summed E-state index contributed by atoms with van der Waals surface area (Å²) < 4.78 is 45.5. The number of rotatable bonds is 5. The molecule has 7 nitrogen and oxygen atoms in total. The van der Waals surface area contributed by atoms with E-state index < -0.39 is 23.4 Å². The van der Waals surface area contributed by atoms with Crippen LogP contribution >= 0.6 is 0 Å². The summed E-state index contributed by atoms with van der Waals surface area (Å²) in [4.78, 5) is 30.6. The Balaban J connectivity index is 1.36. The minimum absolute atomic E-state index is 0.201. The second-order valence-corrected chi connectivity index (χ2v) is 7.45. The van der Waals surface area contributed by atoms with Crippen LogP contribution in [0.25, 0.3) is 11.4 Å². The van der Waals surface area contributed by atoms with Crippen molar-refractivity contribution in [2.75, 3.05) is 19.6 Å². The summed E-state index contributed by atoms with van der Waals surface area (Å²) in [6.45, 7) is 0.464. The Morgan fingerprint density at radius 2 is 1.94 bits per heavy atom. The first-order valence-corrected chi connectivity index (χ1v) is 10.0. The zero-order chi connectivity index (χ0) is 22.7. The first-order valence-electron chi connectivity index (χ1n) is 10.0. The third-order valence-electron chi connectivity index (χ3n) is 5.22. The summed E-state index contributed by atoms with van der Waals surface area (Å²) in [6.07, 6.45) is 1.41. The highest BCUT2D eigenvalue weighted by molar-refractivity contribution is 5.96. The number of benzene rings is 2. The SMILES string of the molecule is O=C(NCC(=O)N1CCCC(c2nc(-c3cccc(F)c3)no2)C1)c1ccc(F)cc1F. The van der Waals surface area contributed by atoms with Crippen molar-refractivity contribution in [2.24, 2.45) is 0 Å². The third-order valence-corrected chi connectivity index (χ3v) is 5.22. The van der Waals surface area contributed by atoms with Crippen LogP contribution in [0.2, 0.25) is 0 Å². The lowest BCUT2D eigenvalue weighted by molar-refractivity contribution is -0.131. The highest BCUT2D eigenvalue weighted by Gasteiger charge is 2.29. The van der Waals surface area contributed by atoms with Gasteiger partial charge < -0.3 is 14.7 Å². The van der Waals surface area contributed by atoms with Gasteiger partial charge in [-0.05, 0) is 37.1 Å². The first-order chi connectivity index (χ1) is 15.4. The number of nitrogens with one attached hydrogen (secondary N) is 1. The van der Waals surface area contributed by atoms with Gasteiger partial charge in [0.2, 0.25) is 17.6 Å².